The highest BCUT2D eigenvalue weighted by Crippen LogP contribution is 2.39. The SMILES string of the molecule is CN(C)CC12CNCC1CN(C(=O)CNS(C)(=O)=O)C2.Cl.Cl. The Labute approximate surface area is 145 Å². The molecule has 2 atom stereocenters. The quantitative estimate of drug-likeness (QED) is 0.642. The van der Waals surface area contributed by atoms with Crippen molar-refractivity contribution in [1.82, 2.24) is 19.8 Å². The molecule has 0 spiro atoms. The second kappa shape index (κ2) is 8.12. The maximum absolute atomic E-state index is 12.1. The Hall–Kier alpha value is -0.120. The van der Waals surface area contributed by atoms with Crippen molar-refractivity contribution in [3.63, 3.8) is 0 Å². The average Bonchev–Trinajstić information content (AvgIpc) is 2.79. The Morgan fingerprint density at radius 1 is 1.41 bits per heavy atom. The van der Waals surface area contributed by atoms with Crippen LogP contribution in [0.2, 0.25) is 0 Å². The number of halogens is 2. The van der Waals surface area contributed by atoms with Crippen LogP contribution < -0.4 is 10.0 Å². The molecule has 0 aliphatic carbocycles. The van der Waals surface area contributed by atoms with Crippen LogP contribution in [0.4, 0.5) is 0 Å². The van der Waals surface area contributed by atoms with Gasteiger partial charge in [-0.25, -0.2) is 13.1 Å². The van der Waals surface area contributed by atoms with Crippen molar-refractivity contribution in [2.75, 3.05) is 59.6 Å². The van der Waals surface area contributed by atoms with Crippen LogP contribution >= 0.6 is 24.8 Å². The van der Waals surface area contributed by atoms with Crippen molar-refractivity contribution in [2.24, 2.45) is 11.3 Å². The fraction of sp³-hybridized carbons (Fsp3) is 0.917. The largest absolute Gasteiger partial charge is 0.341 e. The van der Waals surface area contributed by atoms with E-state index in [4.69, 9.17) is 0 Å². The molecule has 0 radical (unpaired) electrons. The Bertz CT molecular complexity index is 489. The number of hydrogen-bond donors (Lipinski definition) is 2. The normalized spacial score (nSPS) is 27.3. The molecular formula is C12H26Cl2N4O3S. The van der Waals surface area contributed by atoms with Crippen LogP contribution in [-0.2, 0) is 14.8 Å². The lowest BCUT2D eigenvalue weighted by molar-refractivity contribution is -0.129. The van der Waals surface area contributed by atoms with Gasteiger partial charge in [0, 0.05) is 38.1 Å². The van der Waals surface area contributed by atoms with E-state index in [9.17, 15) is 13.2 Å². The molecule has 0 saturated carbocycles. The van der Waals surface area contributed by atoms with Crippen LogP contribution in [0.15, 0.2) is 0 Å². The van der Waals surface area contributed by atoms with Crippen LogP contribution in [-0.4, -0.2) is 83.7 Å². The number of likely N-dealkylation sites (tertiary alicyclic amines) is 1. The molecule has 2 fully saturated rings. The lowest BCUT2D eigenvalue weighted by atomic mass is 9.80. The van der Waals surface area contributed by atoms with E-state index in [1.165, 1.54) is 0 Å². The number of hydrogen-bond acceptors (Lipinski definition) is 5. The Morgan fingerprint density at radius 2 is 2.05 bits per heavy atom. The molecule has 2 rings (SSSR count). The summed E-state index contributed by atoms with van der Waals surface area (Å²) in [4.78, 5) is 16.1. The molecule has 0 aromatic carbocycles. The zero-order chi connectivity index (χ0) is 15.0. The van der Waals surface area contributed by atoms with E-state index < -0.39 is 10.0 Å². The molecule has 7 nitrogen and oxygen atoms in total. The van der Waals surface area contributed by atoms with Crippen molar-refractivity contribution in [2.45, 2.75) is 0 Å². The Kier molecular flexibility index (Phi) is 8.08. The van der Waals surface area contributed by atoms with Crippen molar-refractivity contribution in [1.29, 1.82) is 0 Å². The highest BCUT2D eigenvalue weighted by molar-refractivity contribution is 7.88. The number of rotatable bonds is 5. The van der Waals surface area contributed by atoms with E-state index in [0.717, 1.165) is 25.9 Å². The van der Waals surface area contributed by atoms with Gasteiger partial charge in [-0.2, -0.15) is 0 Å². The summed E-state index contributed by atoms with van der Waals surface area (Å²) < 4.78 is 24.4. The fourth-order valence-corrected chi connectivity index (χ4v) is 3.76. The van der Waals surface area contributed by atoms with Gasteiger partial charge in [0.2, 0.25) is 15.9 Å². The first kappa shape index (κ1) is 21.9. The molecule has 22 heavy (non-hydrogen) atoms. The minimum Gasteiger partial charge on any atom is -0.341 e. The number of carbonyl (C=O) groups excluding carboxylic acids is 1. The Balaban J connectivity index is 0.00000220. The van der Waals surface area contributed by atoms with Crippen molar-refractivity contribution in [3.05, 3.63) is 0 Å². The number of amides is 1. The van der Waals surface area contributed by atoms with Crippen LogP contribution in [0.3, 0.4) is 0 Å². The summed E-state index contributed by atoms with van der Waals surface area (Å²) in [7, 11) is 0.763. The first-order valence-electron chi connectivity index (χ1n) is 6.80. The van der Waals surface area contributed by atoms with E-state index in [0.29, 0.717) is 19.0 Å². The van der Waals surface area contributed by atoms with Gasteiger partial charge in [-0.3, -0.25) is 4.79 Å². The predicted molar refractivity (Wildman–Crippen MR) is 91.3 cm³/mol. The van der Waals surface area contributed by atoms with Gasteiger partial charge in [0.05, 0.1) is 12.8 Å². The number of fused-ring (bicyclic) bond motifs is 1. The zero-order valence-electron chi connectivity index (χ0n) is 13.2. The molecular weight excluding hydrogens is 351 g/mol. The third-order valence-electron chi connectivity index (χ3n) is 4.15. The van der Waals surface area contributed by atoms with Crippen molar-refractivity contribution in [3.8, 4) is 0 Å². The third kappa shape index (κ3) is 5.21. The van der Waals surface area contributed by atoms with Gasteiger partial charge < -0.3 is 15.1 Å². The molecule has 2 aliphatic heterocycles. The standard InChI is InChI=1S/C12H24N4O3S.2ClH/c1-15(2)8-12-7-13-4-10(12)6-16(9-12)11(17)5-14-20(3,18)19;;/h10,13-14H,4-9H2,1-3H3;2*1H. The van der Waals surface area contributed by atoms with Crippen LogP contribution in [0.25, 0.3) is 0 Å². The summed E-state index contributed by atoms with van der Waals surface area (Å²) in [5.41, 5.74) is 0.101. The monoisotopic (exact) mass is 376 g/mol. The van der Waals surface area contributed by atoms with Gasteiger partial charge in [0.15, 0.2) is 0 Å². The second-order valence-electron chi connectivity index (χ2n) is 6.30. The molecule has 10 heteroatoms. The van der Waals surface area contributed by atoms with Crippen molar-refractivity contribution < 1.29 is 13.2 Å². The van der Waals surface area contributed by atoms with E-state index >= 15 is 0 Å². The van der Waals surface area contributed by atoms with Gasteiger partial charge in [-0.1, -0.05) is 0 Å². The van der Waals surface area contributed by atoms with Gasteiger partial charge >= 0.3 is 0 Å². The number of nitrogens with one attached hydrogen (secondary N) is 2. The minimum atomic E-state index is -3.32. The molecule has 0 bridgehead atoms. The fourth-order valence-electron chi connectivity index (χ4n) is 3.37. The summed E-state index contributed by atoms with van der Waals surface area (Å²) in [5, 5.41) is 3.41. The highest BCUT2D eigenvalue weighted by atomic mass is 35.5. The van der Waals surface area contributed by atoms with Gasteiger partial charge in [0.1, 0.15) is 0 Å². The van der Waals surface area contributed by atoms with Crippen LogP contribution in [0.1, 0.15) is 0 Å². The number of sulfonamides is 1. The van der Waals surface area contributed by atoms with Gasteiger partial charge in [-0.15, -0.1) is 24.8 Å². The molecule has 0 aromatic heterocycles. The molecule has 2 aliphatic rings. The molecule has 132 valence electrons. The first-order chi connectivity index (χ1) is 9.22. The Morgan fingerprint density at radius 3 is 2.59 bits per heavy atom. The van der Waals surface area contributed by atoms with E-state index in [-0.39, 0.29) is 42.7 Å². The van der Waals surface area contributed by atoms with E-state index in [1.807, 2.05) is 14.1 Å². The van der Waals surface area contributed by atoms with Crippen molar-refractivity contribution >= 4 is 40.7 Å². The minimum absolute atomic E-state index is 0. The summed E-state index contributed by atoms with van der Waals surface area (Å²) in [6.45, 7) is 4.06. The van der Waals surface area contributed by atoms with Gasteiger partial charge in [0.25, 0.3) is 0 Å². The number of carbonyl (C=O) groups is 1. The molecule has 2 N–H and O–H groups in total. The molecule has 2 unspecified atom stereocenters. The molecule has 1 amide bonds. The first-order valence-corrected chi connectivity index (χ1v) is 8.69. The molecule has 0 aromatic rings. The van der Waals surface area contributed by atoms with Gasteiger partial charge in [-0.05, 0) is 20.0 Å². The number of nitrogens with zero attached hydrogens (tertiary/aromatic N) is 2. The second-order valence-corrected chi connectivity index (χ2v) is 8.13. The van der Waals surface area contributed by atoms with Crippen LogP contribution in [0, 0.1) is 11.3 Å². The zero-order valence-corrected chi connectivity index (χ0v) is 15.6. The summed E-state index contributed by atoms with van der Waals surface area (Å²) in [6, 6.07) is 0. The molecule has 2 saturated heterocycles. The summed E-state index contributed by atoms with van der Waals surface area (Å²) in [6.07, 6.45) is 1.07. The third-order valence-corrected chi connectivity index (χ3v) is 4.82. The maximum atomic E-state index is 12.1. The van der Waals surface area contributed by atoms with E-state index in [1.54, 1.807) is 4.90 Å². The lowest BCUT2D eigenvalue weighted by Crippen LogP contribution is -2.44. The highest BCUT2D eigenvalue weighted by Gasteiger charge is 2.50. The average molecular weight is 377 g/mol. The smallest absolute Gasteiger partial charge is 0.237 e. The lowest BCUT2D eigenvalue weighted by Gasteiger charge is -2.31. The predicted octanol–water partition coefficient (Wildman–Crippen LogP) is -1.01. The summed E-state index contributed by atoms with van der Waals surface area (Å²) >= 11 is 0. The van der Waals surface area contributed by atoms with Crippen LogP contribution in [0.5, 0.6) is 0 Å². The maximum Gasteiger partial charge on any atom is 0.237 e. The topological polar surface area (TPSA) is 81.8 Å². The molecule has 2 heterocycles. The van der Waals surface area contributed by atoms with E-state index in [2.05, 4.69) is 14.9 Å². The summed E-state index contributed by atoms with van der Waals surface area (Å²) in [5.74, 6) is 0.315.